The molecule has 0 spiro atoms. The fourth-order valence-electron chi connectivity index (χ4n) is 1.72. The van der Waals surface area contributed by atoms with Crippen LogP contribution in [0.25, 0.3) is 0 Å². The lowest BCUT2D eigenvalue weighted by Crippen LogP contribution is -2.06. The Hall–Kier alpha value is -1.51. The third-order valence-electron chi connectivity index (χ3n) is 2.80. The summed E-state index contributed by atoms with van der Waals surface area (Å²) in [5, 5.41) is 0.843. The Kier molecular flexibility index (Phi) is 3.60. The predicted molar refractivity (Wildman–Crippen MR) is 75.5 cm³/mol. The summed E-state index contributed by atoms with van der Waals surface area (Å²) in [6.45, 7) is 1.81. The Morgan fingerprint density at radius 3 is 2.50 bits per heavy atom. The van der Waals surface area contributed by atoms with Crippen molar-refractivity contribution in [3.8, 4) is 0 Å². The smallest absolute Gasteiger partial charge is 0.194 e. The van der Waals surface area contributed by atoms with Gasteiger partial charge in [0.1, 0.15) is 0 Å². The number of carbonyl (C=O) groups is 1. The molecule has 0 fully saturated rings. The maximum absolute atomic E-state index is 12.4. The fourth-order valence-corrected chi connectivity index (χ4v) is 2.21. The van der Waals surface area contributed by atoms with Crippen molar-refractivity contribution in [2.45, 2.75) is 6.92 Å². The minimum absolute atomic E-state index is 0.151. The Morgan fingerprint density at radius 1 is 1.11 bits per heavy atom. The molecule has 92 valence electrons. The molecule has 0 aliphatic heterocycles. The largest absolute Gasteiger partial charge is 0.398 e. The van der Waals surface area contributed by atoms with Gasteiger partial charge in [-0.05, 0) is 36.8 Å². The third kappa shape index (κ3) is 2.35. The molecule has 0 saturated heterocycles. The van der Waals surface area contributed by atoms with Gasteiger partial charge >= 0.3 is 0 Å². The number of hydrogen-bond acceptors (Lipinski definition) is 2. The van der Waals surface area contributed by atoms with E-state index in [4.69, 9.17) is 28.9 Å². The van der Waals surface area contributed by atoms with Crippen LogP contribution in [0.4, 0.5) is 5.69 Å². The van der Waals surface area contributed by atoms with Crippen LogP contribution >= 0.6 is 23.2 Å². The quantitative estimate of drug-likeness (QED) is 0.664. The van der Waals surface area contributed by atoms with Crippen LogP contribution in [-0.2, 0) is 0 Å². The highest BCUT2D eigenvalue weighted by molar-refractivity contribution is 6.37. The number of benzene rings is 2. The summed E-state index contributed by atoms with van der Waals surface area (Å²) < 4.78 is 0. The summed E-state index contributed by atoms with van der Waals surface area (Å²) in [6, 6.07) is 10.1. The summed E-state index contributed by atoms with van der Waals surface area (Å²) in [7, 11) is 0. The third-order valence-corrected chi connectivity index (χ3v) is 3.34. The molecule has 2 rings (SSSR count). The van der Waals surface area contributed by atoms with E-state index in [1.54, 1.807) is 36.4 Å². The normalized spacial score (nSPS) is 10.4. The van der Waals surface area contributed by atoms with E-state index >= 15 is 0 Å². The second kappa shape index (κ2) is 5.01. The highest BCUT2D eigenvalue weighted by Crippen LogP contribution is 2.25. The Labute approximate surface area is 115 Å². The van der Waals surface area contributed by atoms with E-state index in [-0.39, 0.29) is 5.78 Å². The maximum Gasteiger partial charge on any atom is 0.194 e. The van der Waals surface area contributed by atoms with E-state index in [2.05, 4.69) is 0 Å². The van der Waals surface area contributed by atoms with Crippen molar-refractivity contribution in [1.29, 1.82) is 0 Å². The lowest BCUT2D eigenvalue weighted by Gasteiger charge is -2.08. The summed E-state index contributed by atoms with van der Waals surface area (Å²) in [5.41, 5.74) is 8.12. The second-order valence-electron chi connectivity index (χ2n) is 3.97. The number of hydrogen-bond donors (Lipinski definition) is 1. The molecule has 2 aromatic rings. The van der Waals surface area contributed by atoms with Crippen molar-refractivity contribution in [3.63, 3.8) is 0 Å². The molecule has 0 atom stereocenters. The number of rotatable bonds is 2. The average molecular weight is 280 g/mol. The van der Waals surface area contributed by atoms with E-state index in [0.717, 1.165) is 5.56 Å². The van der Waals surface area contributed by atoms with Crippen LogP contribution in [0.15, 0.2) is 36.4 Å². The zero-order chi connectivity index (χ0) is 13.3. The van der Waals surface area contributed by atoms with Crippen LogP contribution in [0.2, 0.25) is 10.0 Å². The first-order valence-corrected chi connectivity index (χ1v) is 6.11. The van der Waals surface area contributed by atoms with Crippen molar-refractivity contribution < 1.29 is 4.79 Å². The first-order chi connectivity index (χ1) is 8.50. The van der Waals surface area contributed by atoms with E-state index in [9.17, 15) is 4.79 Å². The first-order valence-electron chi connectivity index (χ1n) is 5.35. The maximum atomic E-state index is 12.4. The van der Waals surface area contributed by atoms with Crippen molar-refractivity contribution >= 4 is 34.7 Å². The molecule has 4 heteroatoms. The van der Waals surface area contributed by atoms with Gasteiger partial charge in [-0.2, -0.15) is 0 Å². The minimum Gasteiger partial charge on any atom is -0.398 e. The van der Waals surface area contributed by atoms with Crippen LogP contribution in [0.1, 0.15) is 21.5 Å². The molecule has 0 aromatic heterocycles. The Morgan fingerprint density at radius 2 is 1.83 bits per heavy atom. The van der Waals surface area contributed by atoms with Crippen LogP contribution in [0.5, 0.6) is 0 Å². The van der Waals surface area contributed by atoms with Gasteiger partial charge in [-0.3, -0.25) is 4.79 Å². The number of nitrogen functional groups attached to an aromatic ring is 1. The molecular formula is C14H11Cl2NO. The van der Waals surface area contributed by atoms with Gasteiger partial charge in [0.25, 0.3) is 0 Å². The van der Waals surface area contributed by atoms with Gasteiger partial charge in [0, 0.05) is 21.8 Å². The van der Waals surface area contributed by atoms with Gasteiger partial charge in [-0.25, -0.2) is 0 Å². The Bertz CT molecular complexity index is 623. The zero-order valence-corrected chi connectivity index (χ0v) is 11.2. The lowest BCUT2D eigenvalue weighted by atomic mass is 9.98. The second-order valence-corrected chi connectivity index (χ2v) is 4.82. The van der Waals surface area contributed by atoms with E-state index < -0.39 is 0 Å². The molecule has 0 aliphatic rings. The zero-order valence-electron chi connectivity index (χ0n) is 9.71. The van der Waals surface area contributed by atoms with Crippen molar-refractivity contribution in [1.82, 2.24) is 0 Å². The minimum atomic E-state index is -0.151. The van der Waals surface area contributed by atoms with Gasteiger partial charge in [0.2, 0.25) is 0 Å². The highest BCUT2D eigenvalue weighted by atomic mass is 35.5. The van der Waals surface area contributed by atoms with Crippen molar-refractivity contribution in [2.75, 3.05) is 5.73 Å². The first kappa shape index (κ1) is 12.9. The predicted octanol–water partition coefficient (Wildman–Crippen LogP) is 4.12. The number of ketones is 1. The number of carbonyl (C=O) groups excluding carboxylic acids is 1. The van der Waals surface area contributed by atoms with Crippen LogP contribution in [-0.4, -0.2) is 5.78 Å². The van der Waals surface area contributed by atoms with Crippen molar-refractivity contribution in [2.24, 2.45) is 0 Å². The molecule has 2 N–H and O–H groups in total. The topological polar surface area (TPSA) is 43.1 Å². The average Bonchev–Trinajstić information content (AvgIpc) is 2.32. The Balaban J connectivity index is 2.51. The molecule has 0 radical (unpaired) electrons. The van der Waals surface area contributed by atoms with E-state index in [1.165, 1.54) is 0 Å². The molecule has 0 unspecified atom stereocenters. The van der Waals surface area contributed by atoms with Gasteiger partial charge in [-0.1, -0.05) is 35.3 Å². The van der Waals surface area contributed by atoms with E-state index in [0.29, 0.717) is 26.9 Å². The molecule has 2 aromatic carbocycles. The molecule has 0 amide bonds. The van der Waals surface area contributed by atoms with Gasteiger partial charge < -0.3 is 5.73 Å². The molecule has 2 nitrogen and oxygen atoms in total. The van der Waals surface area contributed by atoms with Crippen molar-refractivity contribution in [3.05, 3.63) is 63.1 Å². The highest BCUT2D eigenvalue weighted by Gasteiger charge is 2.15. The van der Waals surface area contributed by atoms with Gasteiger partial charge in [0.05, 0.1) is 5.02 Å². The van der Waals surface area contributed by atoms with Crippen LogP contribution < -0.4 is 5.73 Å². The van der Waals surface area contributed by atoms with E-state index in [1.807, 2.05) is 6.92 Å². The summed E-state index contributed by atoms with van der Waals surface area (Å²) in [5.74, 6) is -0.151. The summed E-state index contributed by atoms with van der Waals surface area (Å²) in [6.07, 6.45) is 0. The molecular weight excluding hydrogens is 269 g/mol. The number of nitrogens with two attached hydrogens (primary N) is 1. The molecule has 0 bridgehead atoms. The molecule has 0 aliphatic carbocycles. The monoisotopic (exact) mass is 279 g/mol. The summed E-state index contributed by atoms with van der Waals surface area (Å²) in [4.78, 5) is 12.4. The standard InChI is InChI=1S/C14H11Cl2NO/c1-8-10(3-2-4-13(8)17)14(18)11-6-5-9(15)7-12(11)16/h2-7H,17H2,1H3. The fraction of sp³-hybridized carbons (Fsp3) is 0.0714. The molecule has 18 heavy (non-hydrogen) atoms. The van der Waals surface area contributed by atoms with Gasteiger partial charge in [0.15, 0.2) is 5.78 Å². The lowest BCUT2D eigenvalue weighted by molar-refractivity contribution is 0.103. The molecule has 0 saturated carbocycles. The van der Waals surface area contributed by atoms with Gasteiger partial charge in [-0.15, -0.1) is 0 Å². The van der Waals surface area contributed by atoms with Crippen LogP contribution in [0.3, 0.4) is 0 Å². The molecule has 0 heterocycles. The summed E-state index contributed by atoms with van der Waals surface area (Å²) >= 11 is 11.8. The number of anilines is 1. The SMILES string of the molecule is Cc1c(N)cccc1C(=O)c1ccc(Cl)cc1Cl. The van der Waals surface area contributed by atoms with Crippen LogP contribution in [0, 0.1) is 6.92 Å². The number of halogens is 2.